The highest BCUT2D eigenvalue weighted by Gasteiger charge is 2.06. The van der Waals surface area contributed by atoms with Crippen molar-refractivity contribution < 1.29 is 9.90 Å². The highest BCUT2D eigenvalue weighted by atomic mass is 79.9. The number of rotatable bonds is 2. The lowest BCUT2D eigenvalue weighted by atomic mass is 10.2. The molecule has 0 aliphatic heterocycles. The number of hydrogen-bond acceptors (Lipinski definition) is 1. The van der Waals surface area contributed by atoms with Gasteiger partial charge in [0.25, 0.3) is 0 Å². The maximum atomic E-state index is 10.6. The van der Waals surface area contributed by atoms with E-state index in [0.717, 1.165) is 10.9 Å². The molecule has 1 aromatic carbocycles. The SMILES string of the molecule is CN(C(=O)O)c1ccc(CBr)cc1. The molecule has 0 saturated heterocycles. The van der Waals surface area contributed by atoms with Crippen LogP contribution in [0.4, 0.5) is 10.5 Å². The van der Waals surface area contributed by atoms with Gasteiger partial charge in [0.05, 0.1) is 0 Å². The van der Waals surface area contributed by atoms with Crippen molar-refractivity contribution in [3.63, 3.8) is 0 Å². The summed E-state index contributed by atoms with van der Waals surface area (Å²) in [4.78, 5) is 11.7. The number of nitrogens with zero attached hydrogens (tertiary/aromatic N) is 1. The summed E-state index contributed by atoms with van der Waals surface area (Å²) in [6.07, 6.45) is -0.952. The highest BCUT2D eigenvalue weighted by molar-refractivity contribution is 9.08. The Labute approximate surface area is 85.1 Å². The molecule has 0 aromatic heterocycles. The largest absolute Gasteiger partial charge is 0.465 e. The number of halogens is 1. The quantitative estimate of drug-likeness (QED) is 0.812. The van der Waals surface area contributed by atoms with E-state index in [1.54, 1.807) is 12.1 Å². The molecule has 0 spiro atoms. The fourth-order valence-electron chi connectivity index (χ4n) is 0.919. The van der Waals surface area contributed by atoms with Crippen LogP contribution < -0.4 is 4.90 Å². The smallest absolute Gasteiger partial charge is 0.411 e. The number of hydrogen-bond donors (Lipinski definition) is 1. The van der Waals surface area contributed by atoms with Gasteiger partial charge in [0.1, 0.15) is 0 Å². The van der Waals surface area contributed by atoms with Crippen LogP contribution in [-0.2, 0) is 5.33 Å². The summed E-state index contributed by atoms with van der Waals surface area (Å²) in [6.45, 7) is 0. The van der Waals surface area contributed by atoms with E-state index in [4.69, 9.17) is 5.11 Å². The Bertz CT molecular complexity index is 297. The fraction of sp³-hybridized carbons (Fsp3) is 0.222. The average Bonchev–Trinajstić information content (AvgIpc) is 2.17. The molecule has 0 atom stereocenters. The van der Waals surface area contributed by atoms with E-state index in [9.17, 15) is 4.79 Å². The molecule has 1 rings (SSSR count). The average molecular weight is 244 g/mol. The zero-order chi connectivity index (χ0) is 9.84. The minimum atomic E-state index is -0.952. The van der Waals surface area contributed by atoms with Gasteiger partial charge in [-0.25, -0.2) is 4.79 Å². The second-order valence-electron chi connectivity index (χ2n) is 2.64. The standard InChI is InChI=1S/C9H10BrNO2/c1-11(9(12)13)8-4-2-7(6-10)3-5-8/h2-5H,6H2,1H3,(H,12,13). The van der Waals surface area contributed by atoms with E-state index in [1.807, 2.05) is 12.1 Å². The lowest BCUT2D eigenvalue weighted by Crippen LogP contribution is -2.23. The maximum Gasteiger partial charge on any atom is 0.411 e. The number of alkyl halides is 1. The maximum absolute atomic E-state index is 10.6. The number of carboxylic acid groups (broad SMARTS) is 1. The van der Waals surface area contributed by atoms with Crippen LogP contribution in [0.15, 0.2) is 24.3 Å². The molecule has 1 aromatic rings. The molecule has 0 radical (unpaired) electrons. The second-order valence-corrected chi connectivity index (χ2v) is 3.20. The normalized spacial score (nSPS) is 9.69. The van der Waals surface area contributed by atoms with Gasteiger partial charge >= 0.3 is 6.09 Å². The molecule has 70 valence electrons. The topological polar surface area (TPSA) is 40.5 Å². The molecule has 1 N–H and O–H groups in total. The molecule has 4 heteroatoms. The van der Waals surface area contributed by atoms with E-state index < -0.39 is 6.09 Å². The molecular weight excluding hydrogens is 234 g/mol. The zero-order valence-corrected chi connectivity index (χ0v) is 8.78. The van der Waals surface area contributed by atoms with Crippen molar-refractivity contribution in [3.8, 4) is 0 Å². The Balaban J connectivity index is 2.85. The van der Waals surface area contributed by atoms with Crippen LogP contribution in [0, 0.1) is 0 Å². The first-order valence-corrected chi connectivity index (χ1v) is 4.89. The summed E-state index contributed by atoms with van der Waals surface area (Å²) in [5.74, 6) is 0. The van der Waals surface area contributed by atoms with Crippen molar-refractivity contribution in [1.82, 2.24) is 0 Å². The first-order valence-electron chi connectivity index (χ1n) is 3.76. The fourth-order valence-corrected chi connectivity index (χ4v) is 1.29. The molecular formula is C9H10BrNO2. The van der Waals surface area contributed by atoms with Gasteiger partial charge in [-0.1, -0.05) is 28.1 Å². The summed E-state index contributed by atoms with van der Waals surface area (Å²) in [7, 11) is 1.52. The molecule has 13 heavy (non-hydrogen) atoms. The van der Waals surface area contributed by atoms with Gasteiger partial charge in [0, 0.05) is 18.1 Å². The van der Waals surface area contributed by atoms with Crippen molar-refractivity contribution >= 4 is 27.7 Å². The van der Waals surface area contributed by atoms with Gasteiger partial charge in [-0.3, -0.25) is 4.90 Å². The Morgan fingerprint density at radius 3 is 2.38 bits per heavy atom. The van der Waals surface area contributed by atoms with E-state index in [2.05, 4.69) is 15.9 Å². The molecule has 3 nitrogen and oxygen atoms in total. The van der Waals surface area contributed by atoms with E-state index >= 15 is 0 Å². The van der Waals surface area contributed by atoms with Crippen LogP contribution in [-0.4, -0.2) is 18.2 Å². The zero-order valence-electron chi connectivity index (χ0n) is 7.20. The summed E-state index contributed by atoms with van der Waals surface area (Å²) in [6, 6.07) is 7.35. The third-order valence-corrected chi connectivity index (χ3v) is 2.41. The molecule has 0 heterocycles. The first-order chi connectivity index (χ1) is 6.15. The van der Waals surface area contributed by atoms with Crippen molar-refractivity contribution in [3.05, 3.63) is 29.8 Å². The lowest BCUT2D eigenvalue weighted by Gasteiger charge is -2.12. The Hall–Kier alpha value is -1.03. The van der Waals surface area contributed by atoms with Gasteiger partial charge in [-0.05, 0) is 17.7 Å². The van der Waals surface area contributed by atoms with Crippen molar-refractivity contribution in [2.75, 3.05) is 11.9 Å². The Kier molecular flexibility index (Phi) is 3.31. The minimum absolute atomic E-state index is 0.678. The Morgan fingerprint density at radius 1 is 1.46 bits per heavy atom. The molecule has 0 saturated carbocycles. The van der Waals surface area contributed by atoms with Crippen molar-refractivity contribution in [2.24, 2.45) is 0 Å². The van der Waals surface area contributed by atoms with Gasteiger partial charge < -0.3 is 5.11 Å². The van der Waals surface area contributed by atoms with E-state index in [0.29, 0.717) is 5.69 Å². The van der Waals surface area contributed by atoms with Crippen LogP contribution in [0.1, 0.15) is 5.56 Å². The molecule has 0 unspecified atom stereocenters. The van der Waals surface area contributed by atoms with Crippen LogP contribution in [0.25, 0.3) is 0 Å². The molecule has 0 bridgehead atoms. The molecule has 0 aliphatic carbocycles. The predicted octanol–water partition coefficient (Wildman–Crippen LogP) is 2.70. The number of anilines is 1. The third kappa shape index (κ3) is 2.45. The minimum Gasteiger partial charge on any atom is -0.465 e. The molecule has 0 aliphatic rings. The van der Waals surface area contributed by atoms with Crippen molar-refractivity contribution in [1.29, 1.82) is 0 Å². The van der Waals surface area contributed by atoms with Crippen LogP contribution >= 0.6 is 15.9 Å². The van der Waals surface area contributed by atoms with Gasteiger partial charge in [-0.15, -0.1) is 0 Å². The Morgan fingerprint density at radius 2 is 2.00 bits per heavy atom. The number of carbonyl (C=O) groups is 1. The summed E-state index contributed by atoms with van der Waals surface area (Å²) in [5.41, 5.74) is 1.81. The van der Waals surface area contributed by atoms with Gasteiger partial charge in [0.2, 0.25) is 0 Å². The lowest BCUT2D eigenvalue weighted by molar-refractivity contribution is 0.203. The van der Waals surface area contributed by atoms with Gasteiger partial charge in [0.15, 0.2) is 0 Å². The van der Waals surface area contributed by atoms with Crippen LogP contribution in [0.5, 0.6) is 0 Å². The van der Waals surface area contributed by atoms with E-state index in [1.165, 1.54) is 11.9 Å². The molecule has 0 fully saturated rings. The summed E-state index contributed by atoms with van der Waals surface area (Å²) in [5, 5.41) is 9.46. The van der Waals surface area contributed by atoms with Gasteiger partial charge in [-0.2, -0.15) is 0 Å². The molecule has 1 amide bonds. The highest BCUT2D eigenvalue weighted by Crippen LogP contribution is 2.15. The van der Waals surface area contributed by atoms with Crippen LogP contribution in [0.2, 0.25) is 0 Å². The number of amides is 1. The van der Waals surface area contributed by atoms with Crippen LogP contribution in [0.3, 0.4) is 0 Å². The summed E-state index contributed by atoms with van der Waals surface area (Å²) < 4.78 is 0. The third-order valence-electron chi connectivity index (χ3n) is 1.76. The monoisotopic (exact) mass is 243 g/mol. The predicted molar refractivity (Wildman–Crippen MR) is 55.5 cm³/mol. The second kappa shape index (κ2) is 4.28. The number of benzene rings is 1. The summed E-state index contributed by atoms with van der Waals surface area (Å²) >= 11 is 3.32. The van der Waals surface area contributed by atoms with E-state index in [-0.39, 0.29) is 0 Å². The van der Waals surface area contributed by atoms with Crippen molar-refractivity contribution in [2.45, 2.75) is 5.33 Å². The first kappa shape index (κ1) is 10.1.